The molecule has 0 bridgehead atoms. The first kappa shape index (κ1) is 7.58. The van der Waals surface area contributed by atoms with Gasteiger partial charge in [0.05, 0.1) is 7.11 Å². The highest BCUT2D eigenvalue weighted by molar-refractivity contribution is 5.88. The fourth-order valence-corrected chi connectivity index (χ4v) is 1.20. The van der Waals surface area contributed by atoms with Crippen LogP contribution < -0.4 is 0 Å². The molecule has 1 fully saturated rings. The van der Waals surface area contributed by atoms with Crippen LogP contribution >= 0.6 is 0 Å². The highest BCUT2D eigenvalue weighted by atomic mass is 16.5. The molecule has 12 heavy (non-hydrogen) atoms. The van der Waals surface area contributed by atoms with Crippen LogP contribution in [0.1, 0.15) is 12.8 Å². The third-order valence-corrected chi connectivity index (χ3v) is 2.07. The molecule has 1 aliphatic carbocycles. The second-order valence-corrected chi connectivity index (χ2v) is 3.09. The second kappa shape index (κ2) is 2.77. The Kier molecular flexibility index (Phi) is 1.75. The monoisotopic (exact) mass is 169 g/mol. The van der Waals surface area contributed by atoms with Gasteiger partial charge in [-0.15, -0.1) is 0 Å². The Balaban J connectivity index is 1.98. The molecule has 4 nitrogen and oxygen atoms in total. The minimum atomic E-state index is -0.411. The van der Waals surface area contributed by atoms with Gasteiger partial charge in [0.25, 0.3) is 0 Å². The van der Waals surface area contributed by atoms with Crippen molar-refractivity contribution >= 4 is 11.9 Å². The maximum absolute atomic E-state index is 11.0. The number of esters is 1. The molecular weight excluding hydrogens is 158 g/mol. The smallest absolute Gasteiger partial charge is 0.334 e. The third-order valence-electron chi connectivity index (χ3n) is 2.07. The van der Waals surface area contributed by atoms with E-state index in [1.54, 1.807) is 0 Å². The maximum atomic E-state index is 11.0. The van der Waals surface area contributed by atoms with E-state index >= 15 is 0 Å². The Hall–Kier alpha value is -1.06. The van der Waals surface area contributed by atoms with Crippen LogP contribution in [0.5, 0.6) is 0 Å². The zero-order valence-corrected chi connectivity index (χ0v) is 6.95. The van der Waals surface area contributed by atoms with Crippen LogP contribution in [0, 0.1) is 5.92 Å². The Morgan fingerprint density at radius 2 is 2.42 bits per heavy atom. The van der Waals surface area contributed by atoms with Crippen molar-refractivity contribution in [3.05, 3.63) is 0 Å². The first-order chi connectivity index (χ1) is 5.81. The summed E-state index contributed by atoms with van der Waals surface area (Å²) in [6, 6.07) is -0.411. The lowest BCUT2D eigenvalue weighted by Gasteiger charge is -2.00. The highest BCUT2D eigenvalue weighted by Crippen LogP contribution is 2.33. The molecule has 0 aromatic heterocycles. The molecule has 2 aliphatic rings. The van der Waals surface area contributed by atoms with Crippen LogP contribution in [0.15, 0.2) is 4.99 Å². The van der Waals surface area contributed by atoms with Crippen molar-refractivity contribution in [2.45, 2.75) is 18.9 Å². The van der Waals surface area contributed by atoms with Gasteiger partial charge in [-0.3, -0.25) is 0 Å². The van der Waals surface area contributed by atoms with Gasteiger partial charge in [-0.25, -0.2) is 9.79 Å². The van der Waals surface area contributed by atoms with Crippen LogP contribution in [0.2, 0.25) is 0 Å². The van der Waals surface area contributed by atoms with E-state index in [4.69, 9.17) is 4.74 Å². The molecule has 0 spiro atoms. The SMILES string of the molecule is COC(=O)[C@@H]1COC(C2CC2)=N1. The van der Waals surface area contributed by atoms with Gasteiger partial charge in [-0.1, -0.05) is 0 Å². The molecule has 1 atom stereocenters. The molecule has 2 rings (SSSR count). The van der Waals surface area contributed by atoms with E-state index in [9.17, 15) is 4.79 Å². The van der Waals surface area contributed by atoms with Gasteiger partial charge in [-0.2, -0.15) is 0 Å². The van der Waals surface area contributed by atoms with Crippen LogP contribution in [-0.2, 0) is 14.3 Å². The summed E-state index contributed by atoms with van der Waals surface area (Å²) in [5, 5.41) is 0. The largest absolute Gasteiger partial charge is 0.478 e. The summed E-state index contributed by atoms with van der Waals surface area (Å²) in [6.45, 7) is 0.360. The van der Waals surface area contributed by atoms with Gasteiger partial charge in [0.2, 0.25) is 0 Å². The molecule has 4 heteroatoms. The summed E-state index contributed by atoms with van der Waals surface area (Å²) in [4.78, 5) is 15.1. The minimum Gasteiger partial charge on any atom is -0.478 e. The average molecular weight is 169 g/mol. The summed E-state index contributed by atoms with van der Waals surface area (Å²) >= 11 is 0. The Bertz CT molecular complexity index is 232. The van der Waals surface area contributed by atoms with Gasteiger partial charge in [-0.05, 0) is 12.8 Å². The highest BCUT2D eigenvalue weighted by Gasteiger charge is 2.35. The van der Waals surface area contributed by atoms with Crippen LogP contribution in [0.25, 0.3) is 0 Å². The van der Waals surface area contributed by atoms with Gasteiger partial charge in [0, 0.05) is 5.92 Å². The van der Waals surface area contributed by atoms with Gasteiger partial charge < -0.3 is 9.47 Å². The van der Waals surface area contributed by atoms with Crippen LogP contribution in [0.3, 0.4) is 0 Å². The molecule has 1 heterocycles. The maximum Gasteiger partial charge on any atom is 0.334 e. The van der Waals surface area contributed by atoms with Crippen molar-refractivity contribution in [1.29, 1.82) is 0 Å². The average Bonchev–Trinajstić information content (AvgIpc) is 2.83. The van der Waals surface area contributed by atoms with Crippen molar-refractivity contribution in [3.8, 4) is 0 Å². The summed E-state index contributed by atoms with van der Waals surface area (Å²) in [5.41, 5.74) is 0. The first-order valence-corrected chi connectivity index (χ1v) is 4.09. The van der Waals surface area contributed by atoms with Crippen LogP contribution in [0.4, 0.5) is 0 Å². The van der Waals surface area contributed by atoms with E-state index in [-0.39, 0.29) is 5.97 Å². The summed E-state index contributed by atoms with van der Waals surface area (Å²) in [5.74, 6) is 0.940. The first-order valence-electron chi connectivity index (χ1n) is 4.09. The molecule has 0 amide bonds. The van der Waals surface area contributed by atoms with E-state index in [1.165, 1.54) is 7.11 Å². The number of hydrogen-bond donors (Lipinski definition) is 0. The zero-order valence-electron chi connectivity index (χ0n) is 6.95. The number of carbonyl (C=O) groups excluding carboxylic acids is 1. The molecule has 0 radical (unpaired) electrons. The molecular formula is C8H11NO3. The number of hydrogen-bond acceptors (Lipinski definition) is 4. The fourth-order valence-electron chi connectivity index (χ4n) is 1.20. The summed E-state index contributed by atoms with van der Waals surface area (Å²) in [6.07, 6.45) is 2.29. The lowest BCUT2D eigenvalue weighted by atomic mass is 10.3. The van der Waals surface area contributed by atoms with Crippen molar-refractivity contribution in [3.63, 3.8) is 0 Å². The third kappa shape index (κ3) is 1.29. The van der Waals surface area contributed by atoms with E-state index in [2.05, 4.69) is 9.73 Å². The molecule has 1 aliphatic heterocycles. The lowest BCUT2D eigenvalue weighted by molar-refractivity contribution is -0.142. The normalized spacial score (nSPS) is 27.8. The van der Waals surface area contributed by atoms with E-state index in [0.717, 1.165) is 18.7 Å². The van der Waals surface area contributed by atoms with Crippen molar-refractivity contribution in [2.75, 3.05) is 13.7 Å². The molecule has 0 aromatic rings. The molecule has 0 saturated heterocycles. The second-order valence-electron chi connectivity index (χ2n) is 3.09. The summed E-state index contributed by atoms with van der Waals surface area (Å²) in [7, 11) is 1.37. The van der Waals surface area contributed by atoms with E-state index < -0.39 is 6.04 Å². The number of ether oxygens (including phenoxy) is 2. The number of carbonyl (C=O) groups is 1. The van der Waals surface area contributed by atoms with Gasteiger partial charge in [0.1, 0.15) is 6.61 Å². The van der Waals surface area contributed by atoms with Crippen molar-refractivity contribution < 1.29 is 14.3 Å². The number of aliphatic imine (C=N–C) groups is 1. The quantitative estimate of drug-likeness (QED) is 0.561. The fraction of sp³-hybridized carbons (Fsp3) is 0.750. The molecule has 0 unspecified atom stereocenters. The van der Waals surface area contributed by atoms with E-state index in [0.29, 0.717) is 12.5 Å². The van der Waals surface area contributed by atoms with Crippen molar-refractivity contribution in [1.82, 2.24) is 0 Å². The predicted molar refractivity (Wildman–Crippen MR) is 41.9 cm³/mol. The Labute approximate surface area is 70.6 Å². The molecule has 0 aromatic carbocycles. The molecule has 1 saturated carbocycles. The molecule has 0 N–H and O–H groups in total. The summed E-state index contributed by atoms with van der Waals surface area (Å²) < 4.78 is 9.82. The number of rotatable bonds is 2. The Morgan fingerprint density at radius 3 is 3.00 bits per heavy atom. The molecule has 66 valence electrons. The van der Waals surface area contributed by atoms with Gasteiger partial charge >= 0.3 is 5.97 Å². The topological polar surface area (TPSA) is 47.9 Å². The lowest BCUT2D eigenvalue weighted by Crippen LogP contribution is -2.21. The number of nitrogens with zero attached hydrogens (tertiary/aromatic N) is 1. The predicted octanol–water partition coefficient (Wildman–Crippen LogP) is 0.367. The minimum absolute atomic E-state index is 0.300. The van der Waals surface area contributed by atoms with Crippen molar-refractivity contribution in [2.24, 2.45) is 10.9 Å². The van der Waals surface area contributed by atoms with Crippen LogP contribution in [-0.4, -0.2) is 31.6 Å². The number of methoxy groups -OCH3 is 1. The van der Waals surface area contributed by atoms with Gasteiger partial charge in [0.15, 0.2) is 11.9 Å². The Morgan fingerprint density at radius 1 is 1.67 bits per heavy atom. The van der Waals surface area contributed by atoms with E-state index in [1.807, 2.05) is 0 Å². The zero-order chi connectivity index (χ0) is 8.55. The standard InChI is InChI=1S/C8H11NO3/c1-11-8(10)6-4-12-7(9-6)5-2-3-5/h5-6H,2-4H2,1H3/t6-/m0/s1.